The van der Waals surface area contributed by atoms with Gasteiger partial charge in [0.25, 0.3) is 0 Å². The highest BCUT2D eigenvalue weighted by Gasteiger charge is 2.41. The highest BCUT2D eigenvalue weighted by Crippen LogP contribution is 2.28. The van der Waals surface area contributed by atoms with E-state index in [0.29, 0.717) is 25.9 Å². The molecule has 2 fully saturated rings. The third kappa shape index (κ3) is 2.90. The van der Waals surface area contributed by atoms with Gasteiger partial charge < -0.3 is 20.0 Å². The minimum Gasteiger partial charge on any atom is -0.481 e. The number of hydrogen-bond donors (Lipinski definition) is 2. The number of aliphatic hydroxyl groups excluding tert-OH is 1. The number of likely N-dealkylation sites (tertiary alicyclic amines) is 2. The first-order chi connectivity index (χ1) is 9.56. The minimum absolute atomic E-state index is 0.0561. The Morgan fingerprint density at radius 3 is 2.50 bits per heavy atom. The van der Waals surface area contributed by atoms with E-state index in [0.717, 1.165) is 19.3 Å². The molecule has 0 aliphatic carbocycles. The summed E-state index contributed by atoms with van der Waals surface area (Å²) in [5.41, 5.74) is 0. The van der Waals surface area contributed by atoms with Gasteiger partial charge in [0, 0.05) is 31.8 Å². The second-order valence-corrected chi connectivity index (χ2v) is 5.81. The van der Waals surface area contributed by atoms with Crippen LogP contribution in [0, 0.1) is 5.92 Å². The SMILES string of the molecule is CC1C(C(=O)O)CCN1C(=O)N1CCCCC1CCO. The smallest absolute Gasteiger partial charge is 0.320 e. The summed E-state index contributed by atoms with van der Waals surface area (Å²) in [5, 5.41) is 18.3. The molecule has 0 radical (unpaired) electrons. The molecule has 3 atom stereocenters. The lowest BCUT2D eigenvalue weighted by Crippen LogP contribution is -2.52. The van der Waals surface area contributed by atoms with Gasteiger partial charge in [0.2, 0.25) is 0 Å². The van der Waals surface area contributed by atoms with E-state index in [4.69, 9.17) is 10.2 Å². The first-order valence-electron chi connectivity index (χ1n) is 7.47. The van der Waals surface area contributed by atoms with E-state index >= 15 is 0 Å². The fourth-order valence-corrected chi connectivity index (χ4v) is 3.41. The molecule has 0 bridgehead atoms. The first kappa shape index (κ1) is 15.1. The van der Waals surface area contributed by atoms with E-state index in [1.165, 1.54) is 0 Å². The van der Waals surface area contributed by atoms with Crippen molar-refractivity contribution in [2.45, 2.75) is 51.1 Å². The van der Waals surface area contributed by atoms with Crippen LogP contribution >= 0.6 is 0 Å². The summed E-state index contributed by atoms with van der Waals surface area (Å²) >= 11 is 0. The number of carboxylic acids is 1. The molecule has 20 heavy (non-hydrogen) atoms. The monoisotopic (exact) mass is 284 g/mol. The zero-order valence-corrected chi connectivity index (χ0v) is 12.0. The minimum atomic E-state index is -0.821. The molecule has 0 saturated carbocycles. The number of piperidine rings is 1. The largest absolute Gasteiger partial charge is 0.481 e. The van der Waals surface area contributed by atoms with Crippen molar-refractivity contribution in [1.82, 2.24) is 9.80 Å². The summed E-state index contributed by atoms with van der Waals surface area (Å²) in [6, 6.07) is -0.214. The number of rotatable bonds is 3. The van der Waals surface area contributed by atoms with Gasteiger partial charge in [-0.1, -0.05) is 0 Å². The molecule has 114 valence electrons. The zero-order valence-electron chi connectivity index (χ0n) is 12.0. The maximum absolute atomic E-state index is 12.6. The summed E-state index contributed by atoms with van der Waals surface area (Å²) in [5.74, 6) is -1.28. The van der Waals surface area contributed by atoms with Crippen LogP contribution in [0.3, 0.4) is 0 Å². The van der Waals surface area contributed by atoms with Crippen LogP contribution in [0.15, 0.2) is 0 Å². The molecule has 2 N–H and O–H groups in total. The Morgan fingerprint density at radius 1 is 1.15 bits per heavy atom. The van der Waals surface area contributed by atoms with Gasteiger partial charge in [0.1, 0.15) is 0 Å². The topological polar surface area (TPSA) is 81.1 Å². The molecular formula is C14H24N2O4. The van der Waals surface area contributed by atoms with Crippen molar-refractivity contribution < 1.29 is 19.8 Å². The summed E-state index contributed by atoms with van der Waals surface area (Å²) in [6.45, 7) is 3.13. The third-order valence-corrected chi connectivity index (χ3v) is 4.65. The normalized spacial score (nSPS) is 30.6. The van der Waals surface area contributed by atoms with Gasteiger partial charge >= 0.3 is 12.0 Å². The van der Waals surface area contributed by atoms with Crippen molar-refractivity contribution in [3.8, 4) is 0 Å². The molecular weight excluding hydrogens is 260 g/mol. The number of aliphatic hydroxyl groups is 1. The van der Waals surface area contributed by atoms with Crippen LogP contribution in [-0.4, -0.2) is 63.8 Å². The fourth-order valence-electron chi connectivity index (χ4n) is 3.41. The fraction of sp³-hybridized carbons (Fsp3) is 0.857. The van der Waals surface area contributed by atoms with Gasteiger partial charge in [-0.15, -0.1) is 0 Å². The Bertz CT molecular complexity index is 372. The van der Waals surface area contributed by atoms with Crippen molar-refractivity contribution >= 4 is 12.0 Å². The summed E-state index contributed by atoms with van der Waals surface area (Å²) in [7, 11) is 0. The number of aliphatic carboxylic acids is 1. The number of hydrogen-bond acceptors (Lipinski definition) is 3. The van der Waals surface area contributed by atoms with Crippen molar-refractivity contribution in [2.24, 2.45) is 5.92 Å². The van der Waals surface area contributed by atoms with Crippen molar-refractivity contribution in [2.75, 3.05) is 19.7 Å². The van der Waals surface area contributed by atoms with E-state index in [1.54, 1.807) is 4.90 Å². The molecule has 0 spiro atoms. The van der Waals surface area contributed by atoms with Gasteiger partial charge in [-0.05, 0) is 39.0 Å². The molecule has 6 nitrogen and oxygen atoms in total. The Balaban J connectivity index is 2.04. The highest BCUT2D eigenvalue weighted by molar-refractivity contribution is 5.78. The number of amides is 2. The van der Waals surface area contributed by atoms with Gasteiger partial charge in [0.05, 0.1) is 5.92 Å². The van der Waals surface area contributed by atoms with E-state index in [2.05, 4.69) is 0 Å². The van der Waals surface area contributed by atoms with Crippen LogP contribution in [0.25, 0.3) is 0 Å². The van der Waals surface area contributed by atoms with E-state index in [1.807, 2.05) is 11.8 Å². The van der Waals surface area contributed by atoms with Gasteiger partial charge in [-0.25, -0.2) is 4.79 Å². The molecule has 3 unspecified atom stereocenters. The number of carboxylic acid groups (broad SMARTS) is 1. The lowest BCUT2D eigenvalue weighted by Gasteiger charge is -2.39. The number of urea groups is 1. The van der Waals surface area contributed by atoms with Gasteiger partial charge in [-0.3, -0.25) is 4.79 Å². The van der Waals surface area contributed by atoms with Crippen LogP contribution in [0.4, 0.5) is 4.79 Å². The summed E-state index contributed by atoms with van der Waals surface area (Å²) < 4.78 is 0. The van der Waals surface area contributed by atoms with E-state index in [-0.39, 0.29) is 24.7 Å². The Kier molecular flexibility index (Phi) is 4.86. The van der Waals surface area contributed by atoms with Crippen molar-refractivity contribution in [3.63, 3.8) is 0 Å². The second kappa shape index (κ2) is 6.43. The number of nitrogens with zero attached hydrogens (tertiary/aromatic N) is 2. The Labute approximate surface area is 119 Å². The van der Waals surface area contributed by atoms with Crippen LogP contribution in [0.2, 0.25) is 0 Å². The highest BCUT2D eigenvalue weighted by atomic mass is 16.4. The van der Waals surface area contributed by atoms with Crippen LogP contribution in [-0.2, 0) is 4.79 Å². The average Bonchev–Trinajstić information content (AvgIpc) is 2.81. The number of carbonyl (C=O) groups excluding carboxylic acids is 1. The maximum atomic E-state index is 12.6. The molecule has 2 aliphatic heterocycles. The predicted molar refractivity (Wildman–Crippen MR) is 73.4 cm³/mol. The lowest BCUT2D eigenvalue weighted by atomic mass is 10.00. The molecule has 0 aromatic heterocycles. The van der Waals surface area contributed by atoms with E-state index < -0.39 is 11.9 Å². The lowest BCUT2D eigenvalue weighted by molar-refractivity contribution is -0.142. The van der Waals surface area contributed by atoms with E-state index in [9.17, 15) is 9.59 Å². The quantitative estimate of drug-likeness (QED) is 0.814. The molecule has 2 aliphatic rings. The maximum Gasteiger partial charge on any atom is 0.320 e. The molecule has 0 aromatic rings. The molecule has 0 aromatic carbocycles. The third-order valence-electron chi connectivity index (χ3n) is 4.65. The predicted octanol–water partition coefficient (Wildman–Crippen LogP) is 1.14. The Morgan fingerprint density at radius 2 is 1.90 bits per heavy atom. The molecule has 2 amide bonds. The molecule has 2 saturated heterocycles. The van der Waals surface area contributed by atoms with Crippen molar-refractivity contribution in [3.05, 3.63) is 0 Å². The average molecular weight is 284 g/mol. The molecule has 2 rings (SSSR count). The van der Waals surface area contributed by atoms with Gasteiger partial charge in [-0.2, -0.15) is 0 Å². The number of carbonyl (C=O) groups is 2. The summed E-state index contributed by atoms with van der Waals surface area (Å²) in [6.07, 6.45) is 4.13. The van der Waals surface area contributed by atoms with Gasteiger partial charge in [0.15, 0.2) is 0 Å². The summed E-state index contributed by atoms with van der Waals surface area (Å²) in [4.78, 5) is 27.3. The van der Waals surface area contributed by atoms with Crippen LogP contribution in [0.1, 0.15) is 39.0 Å². The van der Waals surface area contributed by atoms with Crippen LogP contribution in [0.5, 0.6) is 0 Å². The second-order valence-electron chi connectivity index (χ2n) is 5.81. The van der Waals surface area contributed by atoms with Crippen molar-refractivity contribution in [1.29, 1.82) is 0 Å². The molecule has 2 heterocycles. The Hall–Kier alpha value is -1.30. The first-order valence-corrected chi connectivity index (χ1v) is 7.47. The zero-order chi connectivity index (χ0) is 14.7. The standard InChI is InChI=1S/C14H24N2O4/c1-10-12(13(18)19)5-8-15(10)14(20)16-7-3-2-4-11(16)6-9-17/h10-12,17H,2-9H2,1H3,(H,18,19). The van der Waals surface area contributed by atoms with Crippen LogP contribution < -0.4 is 0 Å². The molecule has 6 heteroatoms.